The van der Waals surface area contributed by atoms with Crippen molar-refractivity contribution < 1.29 is 5.21 Å². The Bertz CT molecular complexity index is 46.9. The maximum atomic E-state index is 7.73. The zero-order valence-corrected chi connectivity index (χ0v) is 7.39. The largest absolute Gasteiger partial charge is 0.411 e. The predicted octanol–water partition coefficient (Wildman–Crippen LogP) is 2.91. The smallest absolute Gasteiger partial charge is 0.0509 e. The molecular formula is C7H19NO. The number of rotatable bonds is 0. The highest BCUT2D eigenvalue weighted by Crippen LogP contribution is 1.62. The minimum atomic E-state index is 0.685. The molecule has 2 heteroatoms. The van der Waals surface area contributed by atoms with Crippen molar-refractivity contribution in [1.82, 2.24) is 0 Å². The maximum absolute atomic E-state index is 7.73. The van der Waals surface area contributed by atoms with Crippen LogP contribution in [-0.4, -0.2) is 10.9 Å². The van der Waals surface area contributed by atoms with E-state index >= 15 is 0 Å². The molecule has 0 saturated carbocycles. The first-order valence-corrected chi connectivity index (χ1v) is 3.42. The summed E-state index contributed by atoms with van der Waals surface area (Å²) < 4.78 is 0. The summed E-state index contributed by atoms with van der Waals surface area (Å²) in [5.41, 5.74) is 0.685. The third-order valence-electron chi connectivity index (χ3n) is 0.200. The van der Waals surface area contributed by atoms with E-state index in [2.05, 4.69) is 5.16 Å². The summed E-state index contributed by atoms with van der Waals surface area (Å²) in [7, 11) is 0. The van der Waals surface area contributed by atoms with Crippen molar-refractivity contribution >= 4 is 5.71 Å². The molecule has 0 amide bonds. The van der Waals surface area contributed by atoms with Gasteiger partial charge in [-0.05, 0) is 13.8 Å². The average molecular weight is 133 g/mol. The van der Waals surface area contributed by atoms with Crippen molar-refractivity contribution in [3.05, 3.63) is 0 Å². The van der Waals surface area contributed by atoms with Gasteiger partial charge in [-0.2, -0.15) is 0 Å². The summed E-state index contributed by atoms with van der Waals surface area (Å²) in [5, 5.41) is 10.5. The fraction of sp³-hybridized carbons (Fsp3) is 0.857. The van der Waals surface area contributed by atoms with Gasteiger partial charge in [-0.25, -0.2) is 0 Å². The Balaban J connectivity index is -0.0000000771. The zero-order chi connectivity index (χ0) is 8.28. The molecule has 0 spiro atoms. The van der Waals surface area contributed by atoms with Crippen molar-refractivity contribution in [3.8, 4) is 0 Å². The van der Waals surface area contributed by atoms with Crippen molar-refractivity contribution in [2.24, 2.45) is 5.16 Å². The summed E-state index contributed by atoms with van der Waals surface area (Å²) in [6, 6.07) is 0. The standard InChI is InChI=1S/C3H7NO.2C2H6/c1-3(2)4-5;2*1-2/h5H,1-2H3;2*1-2H3. The lowest BCUT2D eigenvalue weighted by Gasteiger charge is -1.72. The summed E-state index contributed by atoms with van der Waals surface area (Å²) in [6.45, 7) is 11.4. The van der Waals surface area contributed by atoms with Gasteiger partial charge in [0.05, 0.1) is 5.71 Å². The predicted molar refractivity (Wildman–Crippen MR) is 43.3 cm³/mol. The van der Waals surface area contributed by atoms with Crippen molar-refractivity contribution in [2.45, 2.75) is 41.5 Å². The molecule has 0 heterocycles. The Morgan fingerprint density at radius 3 is 1.11 bits per heavy atom. The molecular weight excluding hydrogens is 114 g/mol. The molecule has 0 aromatic heterocycles. The van der Waals surface area contributed by atoms with Crippen LogP contribution in [0.25, 0.3) is 0 Å². The fourth-order valence-electron chi connectivity index (χ4n) is 0. The van der Waals surface area contributed by atoms with Gasteiger partial charge in [0.1, 0.15) is 0 Å². The van der Waals surface area contributed by atoms with E-state index in [4.69, 9.17) is 5.21 Å². The van der Waals surface area contributed by atoms with E-state index in [-0.39, 0.29) is 0 Å². The van der Waals surface area contributed by atoms with E-state index in [1.54, 1.807) is 13.8 Å². The maximum Gasteiger partial charge on any atom is 0.0509 e. The number of oxime groups is 1. The topological polar surface area (TPSA) is 32.6 Å². The SMILES string of the molecule is CC.CC.CC(C)=NO. The zero-order valence-electron chi connectivity index (χ0n) is 7.39. The Morgan fingerprint density at radius 1 is 1.00 bits per heavy atom. The normalized spacial score (nSPS) is 5.11. The molecule has 1 N–H and O–H groups in total. The Hall–Kier alpha value is -0.530. The van der Waals surface area contributed by atoms with Crippen LogP contribution in [-0.2, 0) is 0 Å². The van der Waals surface area contributed by atoms with E-state index in [0.717, 1.165) is 0 Å². The van der Waals surface area contributed by atoms with Crippen molar-refractivity contribution in [2.75, 3.05) is 0 Å². The van der Waals surface area contributed by atoms with Gasteiger partial charge in [-0.3, -0.25) is 0 Å². The van der Waals surface area contributed by atoms with Crippen LogP contribution in [0.1, 0.15) is 41.5 Å². The molecule has 0 aromatic carbocycles. The Morgan fingerprint density at radius 2 is 1.11 bits per heavy atom. The van der Waals surface area contributed by atoms with Crippen LogP contribution in [0.4, 0.5) is 0 Å². The molecule has 0 aliphatic heterocycles. The van der Waals surface area contributed by atoms with Crippen LogP contribution in [0, 0.1) is 0 Å². The minimum Gasteiger partial charge on any atom is -0.411 e. The second kappa shape index (κ2) is 26.0. The lowest BCUT2D eigenvalue weighted by Crippen LogP contribution is -1.74. The van der Waals surface area contributed by atoms with Crippen LogP contribution in [0.5, 0.6) is 0 Å². The first kappa shape index (κ1) is 15.8. The average Bonchev–Trinajstić information content (AvgIpc) is 1.97. The van der Waals surface area contributed by atoms with Crippen LogP contribution < -0.4 is 0 Å². The summed E-state index contributed by atoms with van der Waals surface area (Å²) in [5.74, 6) is 0. The second-order valence-corrected chi connectivity index (χ2v) is 1.05. The lowest BCUT2D eigenvalue weighted by molar-refractivity contribution is 0.318. The highest BCUT2D eigenvalue weighted by molar-refractivity contribution is 5.78. The summed E-state index contributed by atoms with van der Waals surface area (Å²) in [4.78, 5) is 0. The highest BCUT2D eigenvalue weighted by Gasteiger charge is 1.65. The van der Waals surface area contributed by atoms with Crippen molar-refractivity contribution in [3.63, 3.8) is 0 Å². The lowest BCUT2D eigenvalue weighted by atomic mass is 10.5. The van der Waals surface area contributed by atoms with Gasteiger partial charge in [0.2, 0.25) is 0 Å². The van der Waals surface area contributed by atoms with Crippen LogP contribution >= 0.6 is 0 Å². The number of nitrogens with zero attached hydrogens (tertiary/aromatic N) is 1. The van der Waals surface area contributed by atoms with Gasteiger partial charge >= 0.3 is 0 Å². The summed E-state index contributed by atoms with van der Waals surface area (Å²) >= 11 is 0. The molecule has 0 aliphatic carbocycles. The molecule has 0 unspecified atom stereocenters. The van der Waals surface area contributed by atoms with Gasteiger partial charge in [-0.1, -0.05) is 32.9 Å². The molecule has 0 bridgehead atoms. The molecule has 0 aliphatic rings. The molecule has 0 fully saturated rings. The molecule has 58 valence electrons. The van der Waals surface area contributed by atoms with Crippen LogP contribution in [0.2, 0.25) is 0 Å². The number of hydrogen-bond donors (Lipinski definition) is 1. The third kappa shape index (κ3) is 103. The monoisotopic (exact) mass is 133 g/mol. The Labute approximate surface area is 58.6 Å². The van der Waals surface area contributed by atoms with Gasteiger partial charge in [0, 0.05) is 0 Å². The van der Waals surface area contributed by atoms with E-state index < -0.39 is 0 Å². The van der Waals surface area contributed by atoms with Crippen LogP contribution in [0.15, 0.2) is 5.16 Å². The van der Waals surface area contributed by atoms with Gasteiger partial charge in [-0.15, -0.1) is 0 Å². The fourth-order valence-corrected chi connectivity index (χ4v) is 0. The molecule has 2 nitrogen and oxygen atoms in total. The third-order valence-corrected chi connectivity index (χ3v) is 0.200. The molecule has 0 aromatic rings. The number of hydrogen-bond acceptors (Lipinski definition) is 2. The summed E-state index contributed by atoms with van der Waals surface area (Å²) in [6.07, 6.45) is 0. The van der Waals surface area contributed by atoms with Crippen LogP contribution in [0.3, 0.4) is 0 Å². The van der Waals surface area contributed by atoms with Crippen molar-refractivity contribution in [1.29, 1.82) is 0 Å². The molecule has 0 saturated heterocycles. The van der Waals surface area contributed by atoms with Gasteiger partial charge in [0.15, 0.2) is 0 Å². The van der Waals surface area contributed by atoms with E-state index in [1.807, 2.05) is 27.7 Å². The van der Waals surface area contributed by atoms with E-state index in [9.17, 15) is 0 Å². The Kier molecular flexibility index (Phi) is 45.6. The minimum absolute atomic E-state index is 0.685. The quantitative estimate of drug-likeness (QED) is 0.307. The van der Waals surface area contributed by atoms with E-state index in [0.29, 0.717) is 5.71 Å². The molecule has 0 rings (SSSR count). The van der Waals surface area contributed by atoms with Gasteiger partial charge in [0.25, 0.3) is 0 Å². The molecule has 9 heavy (non-hydrogen) atoms. The van der Waals surface area contributed by atoms with E-state index in [1.165, 1.54) is 0 Å². The highest BCUT2D eigenvalue weighted by atomic mass is 16.4. The first-order chi connectivity index (χ1) is 4.27. The molecule has 0 atom stereocenters. The first-order valence-electron chi connectivity index (χ1n) is 3.42. The van der Waals surface area contributed by atoms with Gasteiger partial charge < -0.3 is 5.21 Å². The second-order valence-electron chi connectivity index (χ2n) is 1.05. The molecule has 0 radical (unpaired) electrons.